The van der Waals surface area contributed by atoms with Crippen LogP contribution in [0.1, 0.15) is 41.6 Å². The molecular weight excluding hydrogens is 224 g/mol. The Labute approximate surface area is 95.7 Å². The number of rotatable bonds is 0. The van der Waals surface area contributed by atoms with E-state index in [1.165, 1.54) is 23.9 Å². The van der Waals surface area contributed by atoms with Crippen molar-refractivity contribution in [1.29, 1.82) is 0 Å². The molecule has 3 rings (SSSR count). The molecule has 0 radical (unpaired) electrons. The quantitative estimate of drug-likeness (QED) is 0.598. The first kappa shape index (κ1) is 9.54. The molecule has 80 valence electrons. The summed E-state index contributed by atoms with van der Waals surface area (Å²) in [6, 6.07) is 0. The zero-order chi connectivity index (χ0) is 11.4. The number of thiophene rings is 1. The summed E-state index contributed by atoms with van der Waals surface area (Å²) in [4.78, 5) is 26.1. The number of furan rings is 1. The van der Waals surface area contributed by atoms with Crippen molar-refractivity contribution in [3.8, 4) is 0 Å². The molecule has 0 aromatic carbocycles. The Balaban J connectivity index is 2.40. The second kappa shape index (κ2) is 2.92. The highest BCUT2D eigenvalue weighted by Gasteiger charge is 2.35. The van der Waals surface area contributed by atoms with Gasteiger partial charge in [0, 0.05) is 20.9 Å². The van der Waals surface area contributed by atoms with Gasteiger partial charge in [-0.15, -0.1) is 11.3 Å². The van der Waals surface area contributed by atoms with Crippen molar-refractivity contribution in [2.75, 3.05) is 0 Å². The molecule has 0 spiro atoms. The molecule has 0 saturated carbocycles. The highest BCUT2D eigenvalue weighted by Crippen LogP contribution is 2.36. The first-order valence-electron chi connectivity index (χ1n) is 4.87. The monoisotopic (exact) mass is 232 g/mol. The summed E-state index contributed by atoms with van der Waals surface area (Å²) in [5.74, 6) is -0.194. The molecule has 0 N–H and O–H groups in total. The van der Waals surface area contributed by atoms with Gasteiger partial charge in [-0.2, -0.15) is 0 Å². The Bertz CT molecular complexity index is 580. The number of carbonyl (C=O) groups excluding carboxylic acids is 2. The van der Waals surface area contributed by atoms with E-state index in [4.69, 9.17) is 4.42 Å². The Hall–Kier alpha value is -1.68. The van der Waals surface area contributed by atoms with E-state index in [0.29, 0.717) is 22.3 Å². The Kier molecular flexibility index (Phi) is 1.74. The summed E-state index contributed by atoms with van der Waals surface area (Å²) in [5, 5.41) is 0. The molecule has 0 saturated heterocycles. The van der Waals surface area contributed by atoms with Crippen molar-refractivity contribution >= 4 is 22.9 Å². The molecule has 0 fully saturated rings. The number of aryl methyl sites for hydroxylation is 2. The predicted octanol–water partition coefficient (Wildman–Crippen LogP) is 2.73. The van der Waals surface area contributed by atoms with Gasteiger partial charge < -0.3 is 4.42 Å². The second-order valence-corrected chi connectivity index (χ2v) is 5.25. The highest BCUT2D eigenvalue weighted by molar-refractivity contribution is 7.12. The van der Waals surface area contributed by atoms with E-state index in [1.807, 2.05) is 13.8 Å². The zero-order valence-electron chi connectivity index (χ0n) is 8.79. The number of hydrogen-bond donors (Lipinski definition) is 0. The maximum Gasteiger partial charge on any atom is 0.198 e. The van der Waals surface area contributed by atoms with Crippen molar-refractivity contribution in [1.82, 2.24) is 0 Å². The van der Waals surface area contributed by atoms with Gasteiger partial charge in [-0.3, -0.25) is 9.59 Å². The van der Waals surface area contributed by atoms with Gasteiger partial charge in [-0.1, -0.05) is 0 Å². The lowest BCUT2D eigenvalue weighted by Crippen LogP contribution is -2.18. The van der Waals surface area contributed by atoms with Crippen LogP contribution in [0, 0.1) is 13.8 Å². The largest absolute Gasteiger partial charge is 0.471 e. The molecule has 0 atom stereocenters. The van der Waals surface area contributed by atoms with E-state index in [2.05, 4.69) is 0 Å². The third-order valence-corrected chi connectivity index (χ3v) is 3.89. The van der Waals surface area contributed by atoms with E-state index in [-0.39, 0.29) is 11.6 Å². The van der Waals surface area contributed by atoms with E-state index in [0.717, 1.165) is 9.75 Å². The summed E-state index contributed by atoms with van der Waals surface area (Å²) >= 11 is 1.49. The highest BCUT2D eigenvalue weighted by atomic mass is 32.1. The number of carbonyl (C=O) groups is 2. The van der Waals surface area contributed by atoms with Crippen LogP contribution in [0.25, 0.3) is 0 Å². The van der Waals surface area contributed by atoms with Crippen LogP contribution in [0.3, 0.4) is 0 Å². The molecule has 3 nitrogen and oxygen atoms in total. The van der Waals surface area contributed by atoms with E-state index >= 15 is 0 Å². The van der Waals surface area contributed by atoms with Crippen LogP contribution in [0.4, 0.5) is 0 Å². The van der Waals surface area contributed by atoms with Gasteiger partial charge in [0.15, 0.2) is 11.6 Å². The van der Waals surface area contributed by atoms with E-state index < -0.39 is 0 Å². The maximum atomic E-state index is 12.1. The fourth-order valence-electron chi connectivity index (χ4n) is 2.15. The minimum absolute atomic E-state index is 0.0970. The van der Waals surface area contributed by atoms with Crippen LogP contribution in [-0.2, 0) is 0 Å². The van der Waals surface area contributed by atoms with Crippen LogP contribution in [0.2, 0.25) is 0 Å². The van der Waals surface area contributed by atoms with Gasteiger partial charge >= 0.3 is 0 Å². The third kappa shape index (κ3) is 0.971. The zero-order valence-corrected chi connectivity index (χ0v) is 9.60. The van der Waals surface area contributed by atoms with Crippen LogP contribution in [-0.4, -0.2) is 11.6 Å². The molecule has 2 heterocycles. The van der Waals surface area contributed by atoms with E-state index in [9.17, 15) is 9.59 Å². The maximum absolute atomic E-state index is 12.1. The summed E-state index contributed by atoms with van der Waals surface area (Å²) in [6.45, 7) is 3.74. The fraction of sp³-hybridized carbons (Fsp3) is 0.167. The van der Waals surface area contributed by atoms with Crippen LogP contribution in [0.15, 0.2) is 16.9 Å². The van der Waals surface area contributed by atoms with Crippen molar-refractivity contribution in [3.05, 3.63) is 44.5 Å². The summed E-state index contributed by atoms with van der Waals surface area (Å²) in [6.07, 6.45) is 2.70. The molecule has 16 heavy (non-hydrogen) atoms. The molecule has 0 unspecified atom stereocenters. The molecule has 1 aliphatic rings. The summed E-state index contributed by atoms with van der Waals surface area (Å²) in [5.41, 5.74) is 1.89. The molecule has 2 aromatic heterocycles. The lowest BCUT2D eigenvalue weighted by Gasteiger charge is -2.10. The Morgan fingerprint density at radius 2 is 1.38 bits per heavy atom. The van der Waals surface area contributed by atoms with Gasteiger partial charge in [-0.05, 0) is 13.8 Å². The summed E-state index contributed by atoms with van der Waals surface area (Å²) < 4.78 is 4.95. The Morgan fingerprint density at radius 3 is 1.81 bits per heavy atom. The van der Waals surface area contributed by atoms with Crippen LogP contribution in [0.5, 0.6) is 0 Å². The van der Waals surface area contributed by atoms with Crippen LogP contribution < -0.4 is 0 Å². The Morgan fingerprint density at radius 1 is 0.938 bits per heavy atom. The lowest BCUT2D eigenvalue weighted by atomic mass is 9.87. The van der Waals surface area contributed by atoms with Gasteiger partial charge in [0.05, 0.1) is 11.1 Å². The number of hydrogen-bond acceptors (Lipinski definition) is 4. The van der Waals surface area contributed by atoms with Crippen molar-refractivity contribution < 1.29 is 14.0 Å². The third-order valence-electron chi connectivity index (χ3n) is 2.87. The van der Waals surface area contributed by atoms with Crippen LogP contribution >= 0.6 is 11.3 Å². The number of fused-ring (bicyclic) bond motifs is 2. The molecule has 1 aliphatic carbocycles. The topological polar surface area (TPSA) is 47.3 Å². The van der Waals surface area contributed by atoms with Crippen molar-refractivity contribution in [3.63, 3.8) is 0 Å². The van der Waals surface area contributed by atoms with Gasteiger partial charge in [0.2, 0.25) is 0 Å². The minimum atomic E-state index is -0.0970. The molecule has 0 aliphatic heterocycles. The van der Waals surface area contributed by atoms with Gasteiger partial charge in [-0.25, -0.2) is 0 Å². The second-order valence-electron chi connectivity index (χ2n) is 3.82. The van der Waals surface area contributed by atoms with Crippen molar-refractivity contribution in [2.45, 2.75) is 13.8 Å². The fourth-order valence-corrected chi connectivity index (χ4v) is 3.20. The molecule has 0 amide bonds. The SMILES string of the molecule is Cc1sc(C)c2c1C(=O)c1cocc1C2=O. The normalized spacial score (nSPS) is 13.9. The molecule has 2 aromatic rings. The average molecular weight is 232 g/mol. The first-order valence-corrected chi connectivity index (χ1v) is 5.68. The van der Waals surface area contributed by atoms with E-state index in [1.54, 1.807) is 0 Å². The average Bonchev–Trinajstić information content (AvgIpc) is 2.80. The first-order chi connectivity index (χ1) is 7.61. The van der Waals surface area contributed by atoms with Crippen molar-refractivity contribution in [2.24, 2.45) is 0 Å². The summed E-state index contributed by atoms with van der Waals surface area (Å²) in [7, 11) is 0. The molecule has 0 bridgehead atoms. The predicted molar refractivity (Wildman–Crippen MR) is 59.4 cm³/mol. The lowest BCUT2D eigenvalue weighted by molar-refractivity contribution is 0.0980. The smallest absolute Gasteiger partial charge is 0.198 e. The van der Waals surface area contributed by atoms with Gasteiger partial charge in [0.1, 0.15) is 12.5 Å². The molecule has 4 heteroatoms. The van der Waals surface area contributed by atoms with Gasteiger partial charge in [0.25, 0.3) is 0 Å². The standard InChI is InChI=1S/C12H8O3S/c1-5-9-10(6(2)16-5)12(14)8-4-15-3-7(8)11(9)13/h3-4H,1-2H3. The minimum Gasteiger partial charge on any atom is -0.471 e. The number of ketones is 2. The molecular formula is C12H8O3S.